The van der Waals surface area contributed by atoms with Crippen LogP contribution in [0.2, 0.25) is 0 Å². The molecule has 1 aliphatic carbocycles. The number of hydrogen-bond donors (Lipinski definition) is 16. The third-order valence-corrected chi connectivity index (χ3v) is 15.1. The van der Waals surface area contributed by atoms with Gasteiger partial charge in [-0.3, -0.25) is 9.55 Å². The fraction of sp³-hybridized carbons (Fsp3) is 0.576. The molecule has 0 aliphatic heterocycles. The zero-order chi connectivity index (χ0) is 65.9. The molecule has 498 valence electrons. The maximum absolute atomic E-state index is 12.0. The second kappa shape index (κ2) is 47.7. The molecule has 0 heterocycles. The molecule has 1 rings (SSSR count). The van der Waals surface area contributed by atoms with Crippen LogP contribution in [0.25, 0.3) is 0 Å². The number of allylic oxidation sites excluding steroid dienone is 16. The van der Waals surface area contributed by atoms with E-state index in [1.54, 1.807) is 98.9 Å². The summed E-state index contributed by atoms with van der Waals surface area (Å²) in [6.45, 7) is 7.23. The molecule has 88 heavy (non-hydrogen) atoms. The van der Waals surface area contributed by atoms with Crippen molar-refractivity contribution >= 4 is 22.3 Å². The largest absolute Gasteiger partial charge is 0.478 e. The molecule has 0 saturated heterocycles. The predicted octanol–water partition coefficient (Wildman–Crippen LogP) is 5.61. The van der Waals surface area contributed by atoms with Gasteiger partial charge in [0.15, 0.2) is 5.96 Å². The number of unbranched alkanes of at least 4 members (excludes halogenated alkanes) is 1. The lowest BCUT2D eigenvalue weighted by atomic mass is 9.88. The summed E-state index contributed by atoms with van der Waals surface area (Å²) in [6.07, 6.45) is 35.7. The Hall–Kier alpha value is -5.25. The van der Waals surface area contributed by atoms with E-state index in [4.69, 9.17) is 20.8 Å². The molecule has 1 saturated carbocycles. The van der Waals surface area contributed by atoms with Gasteiger partial charge in [0.05, 0.1) is 67.1 Å². The van der Waals surface area contributed by atoms with Gasteiger partial charge in [-0.25, -0.2) is 8.98 Å². The number of guanidine groups is 1. The number of hydrogen-bond acceptors (Lipinski definition) is 17. The third kappa shape index (κ3) is 41.9. The van der Waals surface area contributed by atoms with Crippen LogP contribution in [0.1, 0.15) is 130 Å². The Labute approximate surface area is 522 Å². The number of rotatable bonds is 47. The lowest BCUT2D eigenvalue weighted by Gasteiger charge is -2.35. The van der Waals surface area contributed by atoms with Gasteiger partial charge >= 0.3 is 16.4 Å². The molecule has 16 unspecified atom stereocenters. The summed E-state index contributed by atoms with van der Waals surface area (Å²) >= 11 is 0. The summed E-state index contributed by atoms with van der Waals surface area (Å²) in [7, 11) is -4.94. The highest BCUT2D eigenvalue weighted by Crippen LogP contribution is 2.26. The molecular formula is C66H106N4O17S. The number of carboxylic acids is 1. The molecule has 0 aromatic carbocycles. The van der Waals surface area contributed by atoms with Gasteiger partial charge in [-0.2, -0.15) is 8.42 Å². The average molecular weight is 1260 g/mol. The van der Waals surface area contributed by atoms with Crippen molar-refractivity contribution in [2.75, 3.05) is 6.54 Å². The van der Waals surface area contributed by atoms with Crippen LogP contribution in [-0.2, 0) is 19.4 Å². The fourth-order valence-electron chi connectivity index (χ4n) is 9.50. The van der Waals surface area contributed by atoms with E-state index in [0.717, 1.165) is 38.5 Å². The van der Waals surface area contributed by atoms with Crippen LogP contribution in [0.5, 0.6) is 0 Å². The average Bonchev–Trinajstić information content (AvgIpc) is 4.12. The standard InChI is InChI=1S/C66H106N4O17S/c1-47(28-18-14-10-9-11-15-19-29-48(2)65(82)83)64(81)49(3)60(79)39-20-16-12-7-5-6-8-13-17-21-40-62(87-88(84,85)86)50(4)63(70-51-30-22-23-31-51)61(80)46-58(77)37-26-36-56(75)45-59(78)44-55(74)35-25-34-53(72)42-52(71)32-24-33-54(73)43-57(76)38-27-41-69-66(67)68/h5-9,11-13,15-21,24-26,28-29,32,35,37,39-40,47,49-64,70-81H,10,14,22-23,27,30-31,33-34,36,38,41-46H2,1-4H3,(H,82,83)(H4,67,68,69)(H,84,85,86)/b7-5+,8-6+,11-9+,16-12+,17-13+,19-15+,28-18+,32-24+,35-25+,37-26+,39-20+,40-21-,48-29+. The highest BCUT2D eigenvalue weighted by molar-refractivity contribution is 7.80. The summed E-state index contributed by atoms with van der Waals surface area (Å²) in [5.74, 6) is -2.35. The minimum absolute atomic E-state index is 0.00587. The minimum atomic E-state index is -4.94. The van der Waals surface area contributed by atoms with E-state index in [-0.39, 0.29) is 74.9 Å². The van der Waals surface area contributed by atoms with Gasteiger partial charge in [-0.15, -0.1) is 0 Å². The first kappa shape index (κ1) is 80.8. The summed E-state index contributed by atoms with van der Waals surface area (Å²) in [4.78, 5) is 14.7. The molecule has 0 bridgehead atoms. The Kier molecular flexibility index (Phi) is 43.7. The highest BCUT2D eigenvalue weighted by Gasteiger charge is 2.35. The van der Waals surface area contributed by atoms with Crippen molar-refractivity contribution < 1.29 is 83.2 Å². The van der Waals surface area contributed by atoms with E-state index in [9.17, 15) is 73.9 Å². The number of aliphatic imine (C=N–C) groups is 1. The predicted molar refractivity (Wildman–Crippen MR) is 346 cm³/mol. The minimum Gasteiger partial charge on any atom is -0.478 e. The Bertz CT molecular complexity index is 2460. The van der Waals surface area contributed by atoms with E-state index < -0.39 is 107 Å². The maximum Gasteiger partial charge on any atom is 0.397 e. The summed E-state index contributed by atoms with van der Waals surface area (Å²) in [6, 6.07) is -0.791. The fourth-order valence-corrected chi connectivity index (χ4v) is 10.0. The topological polar surface area (TPSA) is 400 Å². The molecule has 1 fully saturated rings. The lowest BCUT2D eigenvalue weighted by Crippen LogP contribution is -2.52. The Morgan fingerprint density at radius 3 is 1.59 bits per heavy atom. The molecule has 21 nitrogen and oxygen atoms in total. The van der Waals surface area contributed by atoms with Crippen LogP contribution >= 0.6 is 0 Å². The Balaban J connectivity index is 2.70. The molecule has 0 radical (unpaired) electrons. The van der Waals surface area contributed by atoms with Crippen molar-refractivity contribution in [2.24, 2.45) is 34.2 Å². The Morgan fingerprint density at radius 2 is 1.06 bits per heavy atom. The summed E-state index contributed by atoms with van der Waals surface area (Å²) < 4.78 is 38.9. The van der Waals surface area contributed by atoms with Crippen molar-refractivity contribution in [2.45, 2.75) is 216 Å². The van der Waals surface area contributed by atoms with Crippen LogP contribution in [0, 0.1) is 17.8 Å². The van der Waals surface area contributed by atoms with Gasteiger partial charge in [0.2, 0.25) is 0 Å². The molecular weight excluding hydrogens is 1150 g/mol. The van der Waals surface area contributed by atoms with E-state index in [1.807, 2.05) is 31.2 Å². The molecule has 1 aliphatic rings. The number of aliphatic hydroxyl groups is 11. The zero-order valence-corrected chi connectivity index (χ0v) is 52.5. The van der Waals surface area contributed by atoms with Crippen molar-refractivity contribution in [1.29, 1.82) is 0 Å². The van der Waals surface area contributed by atoms with Gasteiger partial charge in [-0.05, 0) is 77.6 Å². The summed E-state index contributed by atoms with van der Waals surface area (Å²) in [5, 5.41) is 129. The number of nitrogens with one attached hydrogen (secondary N) is 1. The van der Waals surface area contributed by atoms with Gasteiger partial charge in [0, 0.05) is 61.2 Å². The highest BCUT2D eigenvalue weighted by atomic mass is 32.3. The van der Waals surface area contributed by atoms with E-state index >= 15 is 0 Å². The second-order valence-corrected chi connectivity index (χ2v) is 23.7. The SMILES string of the molecule is C\C(=C/C=C/C=C/CC/C=C/C(C)C(O)C(C)C(O)/C=C/C=C/C=C/C=C/C=C/C=C\C(OS(=O)(=O)O)C(C)C(NC1CCCC1)C(O)CC(O)/C=C/CC(O)CC(O)CC(O)/C=C/CC(O)CC(O)/C=C/CC(O)CC(O)CCCN=C(N)N)C(=O)O. The molecule has 0 amide bonds. The molecule has 16 atom stereocenters. The number of aliphatic hydroxyl groups excluding tert-OH is 11. The normalized spacial score (nSPS) is 20.2. The van der Waals surface area contributed by atoms with Crippen LogP contribution in [-0.4, -0.2) is 178 Å². The number of aliphatic carboxylic acids is 1. The molecule has 0 aromatic rings. The molecule has 0 aromatic heterocycles. The molecule has 0 spiro atoms. The van der Waals surface area contributed by atoms with Crippen molar-refractivity contribution in [3.63, 3.8) is 0 Å². The first-order valence-electron chi connectivity index (χ1n) is 30.6. The van der Waals surface area contributed by atoms with Gasteiger partial charge in [0.25, 0.3) is 0 Å². The van der Waals surface area contributed by atoms with Crippen LogP contribution in [0.15, 0.2) is 162 Å². The van der Waals surface area contributed by atoms with Crippen LogP contribution < -0.4 is 16.8 Å². The number of nitrogens with two attached hydrogens (primary N) is 2. The maximum atomic E-state index is 12.0. The first-order chi connectivity index (χ1) is 41.7. The Morgan fingerprint density at radius 1 is 0.580 bits per heavy atom. The smallest absolute Gasteiger partial charge is 0.397 e. The second-order valence-electron chi connectivity index (χ2n) is 22.7. The quantitative estimate of drug-likeness (QED) is 0.00669. The monoisotopic (exact) mass is 1260 g/mol. The zero-order valence-electron chi connectivity index (χ0n) is 51.7. The van der Waals surface area contributed by atoms with Gasteiger partial charge in [0.1, 0.15) is 6.10 Å². The van der Waals surface area contributed by atoms with E-state index in [0.29, 0.717) is 19.4 Å². The van der Waals surface area contributed by atoms with Crippen LogP contribution in [0.4, 0.5) is 0 Å². The van der Waals surface area contributed by atoms with Crippen LogP contribution in [0.3, 0.4) is 0 Å². The van der Waals surface area contributed by atoms with Crippen molar-refractivity contribution in [1.82, 2.24) is 5.32 Å². The van der Waals surface area contributed by atoms with Gasteiger partial charge < -0.3 is 78.1 Å². The van der Waals surface area contributed by atoms with Crippen molar-refractivity contribution in [3.05, 3.63) is 157 Å². The lowest BCUT2D eigenvalue weighted by molar-refractivity contribution is -0.132. The molecule has 22 heteroatoms. The number of carboxylic acid groups (broad SMARTS) is 1. The number of carbonyl (C=O) groups is 1. The van der Waals surface area contributed by atoms with E-state index in [2.05, 4.69) is 10.3 Å². The first-order valence-corrected chi connectivity index (χ1v) is 31.9. The third-order valence-electron chi connectivity index (χ3n) is 14.6. The van der Waals surface area contributed by atoms with Gasteiger partial charge in [-0.1, -0.05) is 186 Å². The number of nitrogens with zero attached hydrogens (tertiary/aromatic N) is 1. The summed E-state index contributed by atoms with van der Waals surface area (Å²) in [5.41, 5.74) is 10.8. The van der Waals surface area contributed by atoms with Crippen molar-refractivity contribution in [3.8, 4) is 0 Å². The van der Waals surface area contributed by atoms with E-state index in [1.165, 1.54) is 49.5 Å². The molecule has 18 N–H and O–H groups in total.